The van der Waals surface area contributed by atoms with Gasteiger partial charge in [0.1, 0.15) is 12.4 Å². The monoisotopic (exact) mass is 527 g/mol. The number of nitrogens with zero attached hydrogens (tertiary/aromatic N) is 1. The van der Waals surface area contributed by atoms with E-state index in [0.717, 1.165) is 11.1 Å². The molecule has 0 saturated carbocycles. The summed E-state index contributed by atoms with van der Waals surface area (Å²) in [4.78, 5) is 17.0. The van der Waals surface area contributed by atoms with Gasteiger partial charge in [-0.1, -0.05) is 66.2 Å². The van der Waals surface area contributed by atoms with Crippen LogP contribution in [0.25, 0.3) is 17.2 Å². The lowest BCUT2D eigenvalue weighted by molar-refractivity contribution is -0.129. The van der Waals surface area contributed by atoms with Crippen LogP contribution in [0.2, 0.25) is 5.02 Å². The normalized spacial score (nSPS) is 13.8. The second-order valence-corrected chi connectivity index (χ2v) is 8.87. The number of hydrogen-bond acceptors (Lipinski definition) is 5. The Morgan fingerprint density at radius 3 is 2.37 bits per heavy atom. The summed E-state index contributed by atoms with van der Waals surface area (Å²) in [5.41, 5.74) is 4.22. The number of carbonyl (C=O) groups is 1. The molecule has 4 aromatic rings. The second-order valence-electron chi connectivity index (χ2n) is 8.46. The molecule has 0 aromatic heterocycles. The van der Waals surface area contributed by atoms with Gasteiger partial charge in [0.05, 0.1) is 11.6 Å². The van der Waals surface area contributed by atoms with Gasteiger partial charge in [0.2, 0.25) is 5.90 Å². The molecule has 0 spiro atoms. The number of halogens is 2. The molecule has 7 heteroatoms. The summed E-state index contributed by atoms with van der Waals surface area (Å²) in [6.45, 7) is 2.32. The zero-order valence-electron chi connectivity index (χ0n) is 20.5. The molecule has 5 nitrogen and oxygen atoms in total. The lowest BCUT2D eigenvalue weighted by Crippen LogP contribution is -2.05. The number of hydrogen-bond donors (Lipinski definition) is 0. The van der Waals surface area contributed by atoms with E-state index in [1.165, 1.54) is 12.1 Å². The van der Waals surface area contributed by atoms with E-state index in [4.69, 9.17) is 25.8 Å². The van der Waals surface area contributed by atoms with Crippen LogP contribution in [0.1, 0.15) is 23.6 Å². The molecule has 0 atom stereocenters. The lowest BCUT2D eigenvalue weighted by Gasteiger charge is -2.14. The van der Waals surface area contributed by atoms with Crippen LogP contribution >= 0.6 is 11.6 Å². The third kappa shape index (κ3) is 5.76. The highest BCUT2D eigenvalue weighted by atomic mass is 35.5. The minimum Gasteiger partial charge on any atom is -0.490 e. The Kier molecular flexibility index (Phi) is 7.52. The molecule has 190 valence electrons. The van der Waals surface area contributed by atoms with Crippen molar-refractivity contribution in [1.82, 2.24) is 0 Å². The fourth-order valence-corrected chi connectivity index (χ4v) is 4.26. The molecular weight excluding hydrogens is 505 g/mol. The van der Waals surface area contributed by atoms with Gasteiger partial charge in [-0.3, -0.25) is 0 Å². The van der Waals surface area contributed by atoms with Gasteiger partial charge in [0.25, 0.3) is 0 Å². The van der Waals surface area contributed by atoms with Gasteiger partial charge in [-0.25, -0.2) is 14.2 Å². The number of benzene rings is 4. The molecule has 0 amide bonds. The molecule has 0 saturated heterocycles. The maximum absolute atomic E-state index is 13.5. The molecule has 1 aliphatic rings. The topological polar surface area (TPSA) is 57.1 Å². The van der Waals surface area contributed by atoms with Crippen LogP contribution in [-0.4, -0.2) is 18.5 Å². The van der Waals surface area contributed by atoms with Gasteiger partial charge in [0, 0.05) is 5.56 Å². The predicted octanol–water partition coefficient (Wildman–Crippen LogP) is 7.47. The van der Waals surface area contributed by atoms with Crippen molar-refractivity contribution in [1.29, 1.82) is 0 Å². The van der Waals surface area contributed by atoms with Gasteiger partial charge in [-0.2, -0.15) is 0 Å². The Bertz CT molecular complexity index is 1530. The molecular formula is C31H23ClFNO4. The summed E-state index contributed by atoms with van der Waals surface area (Å²) in [6.07, 6.45) is 1.58. The fraction of sp³-hybridized carbons (Fsp3) is 0.0968. The quantitative estimate of drug-likeness (QED) is 0.176. The van der Waals surface area contributed by atoms with Crippen LogP contribution in [0.3, 0.4) is 0 Å². The highest BCUT2D eigenvalue weighted by Crippen LogP contribution is 2.38. The van der Waals surface area contributed by atoms with Crippen LogP contribution in [0.5, 0.6) is 11.5 Å². The van der Waals surface area contributed by atoms with Gasteiger partial charge >= 0.3 is 5.97 Å². The summed E-state index contributed by atoms with van der Waals surface area (Å²) < 4.78 is 30.5. The second kappa shape index (κ2) is 11.3. The Balaban J connectivity index is 1.38. The van der Waals surface area contributed by atoms with Crippen LogP contribution in [0.15, 0.2) is 102 Å². The van der Waals surface area contributed by atoms with E-state index in [-0.39, 0.29) is 29.0 Å². The van der Waals surface area contributed by atoms with E-state index in [0.29, 0.717) is 34.8 Å². The molecule has 38 heavy (non-hydrogen) atoms. The van der Waals surface area contributed by atoms with E-state index in [9.17, 15) is 9.18 Å². The summed E-state index contributed by atoms with van der Waals surface area (Å²) in [5, 5.41) is 0.284. The molecule has 0 fully saturated rings. The van der Waals surface area contributed by atoms with E-state index in [2.05, 4.69) is 4.99 Å². The third-order valence-corrected chi connectivity index (χ3v) is 6.05. The van der Waals surface area contributed by atoms with E-state index in [1.807, 2.05) is 61.5 Å². The lowest BCUT2D eigenvalue weighted by atomic mass is 10.0. The summed E-state index contributed by atoms with van der Waals surface area (Å²) >= 11 is 6.52. The first-order chi connectivity index (χ1) is 18.5. The van der Waals surface area contributed by atoms with Crippen molar-refractivity contribution in [3.63, 3.8) is 0 Å². The zero-order chi connectivity index (χ0) is 26.5. The highest BCUT2D eigenvalue weighted by Gasteiger charge is 2.24. The number of esters is 1. The average molecular weight is 528 g/mol. The summed E-state index contributed by atoms with van der Waals surface area (Å²) in [7, 11) is 0. The van der Waals surface area contributed by atoms with Crippen molar-refractivity contribution in [2.75, 3.05) is 6.61 Å². The standard InChI is InChI=1S/C31H23ClFNO4/c1-2-36-28-18-21(16-26(32)29(28)37-19-20-7-6-10-25(33)15-20)17-27-31(35)38-30(34-27)24-13-11-23(12-14-24)22-8-4-3-5-9-22/h3-18H,2,19H2,1H3/b27-17-. The average Bonchev–Trinajstić information content (AvgIpc) is 3.29. The number of ether oxygens (including phenoxy) is 3. The Hall–Kier alpha value is -4.42. The zero-order valence-corrected chi connectivity index (χ0v) is 21.2. The predicted molar refractivity (Wildman–Crippen MR) is 146 cm³/mol. The van der Waals surface area contributed by atoms with Crippen molar-refractivity contribution >= 4 is 29.5 Å². The Morgan fingerprint density at radius 2 is 1.63 bits per heavy atom. The number of rotatable bonds is 8. The number of aliphatic imine (C=N–C) groups is 1. The van der Waals surface area contributed by atoms with E-state index < -0.39 is 5.97 Å². The van der Waals surface area contributed by atoms with Gasteiger partial charge in [-0.15, -0.1) is 0 Å². The maximum atomic E-state index is 13.5. The van der Waals surface area contributed by atoms with Gasteiger partial charge < -0.3 is 14.2 Å². The minimum absolute atomic E-state index is 0.112. The van der Waals surface area contributed by atoms with Crippen LogP contribution < -0.4 is 9.47 Å². The molecule has 0 unspecified atom stereocenters. The largest absolute Gasteiger partial charge is 0.490 e. The third-order valence-electron chi connectivity index (χ3n) is 5.77. The molecule has 1 heterocycles. The first-order valence-corrected chi connectivity index (χ1v) is 12.4. The van der Waals surface area contributed by atoms with Crippen LogP contribution in [-0.2, 0) is 16.1 Å². The number of carbonyl (C=O) groups excluding carboxylic acids is 1. The van der Waals surface area contributed by atoms with E-state index >= 15 is 0 Å². The Morgan fingerprint density at radius 1 is 0.895 bits per heavy atom. The van der Waals surface area contributed by atoms with Crippen molar-refractivity contribution in [3.8, 4) is 22.6 Å². The molecule has 0 aliphatic carbocycles. The van der Waals surface area contributed by atoms with Crippen LogP contribution in [0.4, 0.5) is 4.39 Å². The van der Waals surface area contributed by atoms with Crippen molar-refractivity contribution < 1.29 is 23.4 Å². The maximum Gasteiger partial charge on any atom is 0.363 e. The van der Waals surface area contributed by atoms with Gasteiger partial charge in [0.15, 0.2) is 17.2 Å². The van der Waals surface area contributed by atoms with E-state index in [1.54, 1.807) is 30.3 Å². The molecule has 4 aromatic carbocycles. The van der Waals surface area contributed by atoms with Crippen LogP contribution in [0, 0.1) is 5.82 Å². The minimum atomic E-state index is -0.562. The van der Waals surface area contributed by atoms with Crippen molar-refractivity contribution in [3.05, 3.63) is 124 Å². The Labute approximate surface area is 224 Å². The highest BCUT2D eigenvalue weighted by molar-refractivity contribution is 6.32. The SMILES string of the molecule is CCOc1cc(/C=C2\N=C(c3ccc(-c4ccccc4)cc3)OC2=O)cc(Cl)c1OCc1cccc(F)c1. The fourth-order valence-electron chi connectivity index (χ4n) is 3.98. The summed E-state index contributed by atoms with van der Waals surface area (Å²) in [5.74, 6) is 0.0475. The first-order valence-electron chi connectivity index (χ1n) is 12.0. The first kappa shape index (κ1) is 25.2. The summed E-state index contributed by atoms with van der Waals surface area (Å²) in [6, 6.07) is 27.1. The molecule has 0 N–H and O–H groups in total. The van der Waals surface area contributed by atoms with Crippen molar-refractivity contribution in [2.45, 2.75) is 13.5 Å². The number of cyclic esters (lactones) is 1. The van der Waals surface area contributed by atoms with Crippen molar-refractivity contribution in [2.24, 2.45) is 4.99 Å². The smallest absolute Gasteiger partial charge is 0.363 e. The molecule has 5 rings (SSSR count). The molecule has 0 bridgehead atoms. The molecule has 0 radical (unpaired) electrons. The molecule has 1 aliphatic heterocycles. The van der Waals surface area contributed by atoms with Gasteiger partial charge in [-0.05, 0) is 71.7 Å².